The highest BCUT2D eigenvalue weighted by Gasteiger charge is 2.44. The first-order chi connectivity index (χ1) is 6.48. The van der Waals surface area contributed by atoms with E-state index in [1.165, 1.54) is 0 Å². The molecule has 0 saturated carbocycles. The fourth-order valence-electron chi connectivity index (χ4n) is 1.72. The number of rotatable bonds is 1. The minimum Gasteiger partial charge on any atom is -0.457 e. The summed E-state index contributed by atoms with van der Waals surface area (Å²) in [4.78, 5) is 10.9. The molecular formula is C9H14O5. The minimum atomic E-state index is -1.01. The van der Waals surface area contributed by atoms with Gasteiger partial charge in [0, 0.05) is 6.42 Å². The number of aliphatic hydroxyl groups is 1. The van der Waals surface area contributed by atoms with Crippen molar-refractivity contribution in [2.24, 2.45) is 0 Å². The first-order valence-corrected chi connectivity index (χ1v) is 4.68. The smallest absolute Gasteiger partial charge is 0.335 e. The molecule has 2 aliphatic rings. The van der Waals surface area contributed by atoms with Crippen molar-refractivity contribution in [2.45, 2.75) is 44.4 Å². The van der Waals surface area contributed by atoms with Crippen LogP contribution in [0.5, 0.6) is 0 Å². The molecule has 2 saturated heterocycles. The summed E-state index contributed by atoms with van der Waals surface area (Å²) in [6.07, 6.45) is -1.35. The Labute approximate surface area is 81.9 Å². The van der Waals surface area contributed by atoms with E-state index < -0.39 is 17.9 Å². The number of hydrogen-bond donors (Lipinski definition) is 1. The van der Waals surface area contributed by atoms with Crippen LogP contribution >= 0.6 is 0 Å². The fraction of sp³-hybridized carbons (Fsp3) is 0.889. The monoisotopic (exact) mass is 202 g/mol. The van der Waals surface area contributed by atoms with E-state index in [-0.39, 0.29) is 12.2 Å². The van der Waals surface area contributed by atoms with E-state index >= 15 is 0 Å². The summed E-state index contributed by atoms with van der Waals surface area (Å²) in [7, 11) is 0. The Morgan fingerprint density at radius 2 is 2.14 bits per heavy atom. The van der Waals surface area contributed by atoms with Crippen LogP contribution in [0.1, 0.15) is 20.3 Å². The second kappa shape index (κ2) is 3.18. The van der Waals surface area contributed by atoms with E-state index in [4.69, 9.17) is 14.2 Å². The van der Waals surface area contributed by atoms with E-state index in [0.717, 1.165) is 0 Å². The maximum Gasteiger partial charge on any atom is 0.335 e. The van der Waals surface area contributed by atoms with Crippen LogP contribution in [-0.2, 0) is 19.0 Å². The van der Waals surface area contributed by atoms with Crippen LogP contribution in [0.4, 0.5) is 0 Å². The SMILES string of the molecule is CC1(C)OC[C@H]([C@@H]2C[C@H](O)C(=O)O2)O1. The van der Waals surface area contributed by atoms with Crippen LogP contribution < -0.4 is 0 Å². The lowest BCUT2D eigenvalue weighted by Crippen LogP contribution is -2.30. The van der Waals surface area contributed by atoms with E-state index in [9.17, 15) is 9.90 Å². The second-order valence-electron chi connectivity index (χ2n) is 4.09. The van der Waals surface area contributed by atoms with Crippen molar-refractivity contribution in [3.63, 3.8) is 0 Å². The molecule has 0 aromatic heterocycles. The molecule has 14 heavy (non-hydrogen) atoms. The van der Waals surface area contributed by atoms with Gasteiger partial charge in [-0.15, -0.1) is 0 Å². The molecule has 0 radical (unpaired) electrons. The van der Waals surface area contributed by atoms with Gasteiger partial charge >= 0.3 is 5.97 Å². The Morgan fingerprint density at radius 3 is 2.57 bits per heavy atom. The number of carbonyl (C=O) groups excluding carboxylic acids is 1. The number of cyclic esters (lactones) is 1. The van der Waals surface area contributed by atoms with Gasteiger partial charge in [0.05, 0.1) is 6.61 Å². The molecule has 0 bridgehead atoms. The fourth-order valence-corrected chi connectivity index (χ4v) is 1.72. The molecule has 0 amide bonds. The molecule has 2 rings (SSSR count). The quantitative estimate of drug-likeness (QED) is 0.597. The van der Waals surface area contributed by atoms with Crippen molar-refractivity contribution in [2.75, 3.05) is 6.61 Å². The largest absolute Gasteiger partial charge is 0.457 e. The number of ether oxygens (including phenoxy) is 3. The van der Waals surface area contributed by atoms with Gasteiger partial charge in [-0.05, 0) is 13.8 Å². The summed E-state index contributed by atoms with van der Waals surface area (Å²) in [6, 6.07) is 0. The minimum absolute atomic E-state index is 0.258. The van der Waals surface area contributed by atoms with Crippen molar-refractivity contribution in [1.29, 1.82) is 0 Å². The van der Waals surface area contributed by atoms with Crippen molar-refractivity contribution < 1.29 is 24.1 Å². The van der Waals surface area contributed by atoms with Crippen molar-refractivity contribution in [1.82, 2.24) is 0 Å². The lowest BCUT2D eigenvalue weighted by molar-refractivity contribution is -0.163. The molecule has 0 spiro atoms. The Balaban J connectivity index is 1.95. The molecule has 2 heterocycles. The molecule has 3 atom stereocenters. The Morgan fingerprint density at radius 1 is 1.43 bits per heavy atom. The highest BCUT2D eigenvalue weighted by molar-refractivity contribution is 5.76. The van der Waals surface area contributed by atoms with Gasteiger partial charge in [0.15, 0.2) is 11.9 Å². The van der Waals surface area contributed by atoms with E-state index in [0.29, 0.717) is 13.0 Å². The molecule has 0 aromatic carbocycles. The van der Waals surface area contributed by atoms with Gasteiger partial charge in [0.25, 0.3) is 0 Å². The standard InChI is InChI=1S/C9H14O5/c1-9(2)12-4-7(14-9)6-3-5(10)8(11)13-6/h5-7,10H,3-4H2,1-2H3/t5-,6-,7+/m0/s1. The topological polar surface area (TPSA) is 65.0 Å². The summed E-state index contributed by atoms with van der Waals surface area (Å²) < 4.78 is 15.8. The predicted octanol–water partition coefficient (Wildman–Crippen LogP) is -0.186. The van der Waals surface area contributed by atoms with Crippen LogP contribution in [0.15, 0.2) is 0 Å². The first-order valence-electron chi connectivity index (χ1n) is 4.68. The molecule has 2 aliphatic heterocycles. The zero-order valence-corrected chi connectivity index (χ0v) is 8.23. The zero-order chi connectivity index (χ0) is 10.3. The Bertz CT molecular complexity index is 250. The van der Waals surface area contributed by atoms with Crippen molar-refractivity contribution >= 4 is 5.97 Å². The Hall–Kier alpha value is -0.650. The lowest BCUT2D eigenvalue weighted by Gasteiger charge is -2.19. The van der Waals surface area contributed by atoms with Crippen LogP contribution in [0.2, 0.25) is 0 Å². The van der Waals surface area contributed by atoms with Gasteiger partial charge in [0.2, 0.25) is 0 Å². The van der Waals surface area contributed by atoms with Crippen LogP contribution in [0.25, 0.3) is 0 Å². The zero-order valence-electron chi connectivity index (χ0n) is 8.23. The third kappa shape index (κ3) is 1.75. The molecule has 2 fully saturated rings. The molecule has 0 aromatic rings. The number of esters is 1. The van der Waals surface area contributed by atoms with Crippen molar-refractivity contribution in [3.8, 4) is 0 Å². The van der Waals surface area contributed by atoms with Crippen molar-refractivity contribution in [3.05, 3.63) is 0 Å². The molecular weight excluding hydrogens is 188 g/mol. The van der Waals surface area contributed by atoms with E-state index in [1.54, 1.807) is 13.8 Å². The summed E-state index contributed by atoms with van der Waals surface area (Å²) in [5, 5.41) is 9.19. The summed E-state index contributed by atoms with van der Waals surface area (Å²) >= 11 is 0. The summed E-state index contributed by atoms with van der Waals surface area (Å²) in [5.74, 6) is -1.19. The highest BCUT2D eigenvalue weighted by Crippen LogP contribution is 2.29. The normalized spacial score (nSPS) is 41.4. The first kappa shape index (κ1) is 9.89. The average Bonchev–Trinajstić information content (AvgIpc) is 2.57. The molecule has 5 heteroatoms. The third-order valence-corrected chi connectivity index (χ3v) is 2.44. The number of aliphatic hydroxyl groups excluding tert-OH is 1. The maximum absolute atomic E-state index is 10.9. The number of carbonyl (C=O) groups is 1. The Kier molecular flexibility index (Phi) is 2.25. The molecule has 0 aliphatic carbocycles. The van der Waals surface area contributed by atoms with Gasteiger partial charge in [0.1, 0.15) is 12.2 Å². The van der Waals surface area contributed by atoms with E-state index in [2.05, 4.69) is 0 Å². The van der Waals surface area contributed by atoms with Gasteiger partial charge < -0.3 is 19.3 Å². The highest BCUT2D eigenvalue weighted by atomic mass is 16.8. The van der Waals surface area contributed by atoms with Gasteiger partial charge in [-0.2, -0.15) is 0 Å². The molecule has 1 N–H and O–H groups in total. The van der Waals surface area contributed by atoms with E-state index in [1.807, 2.05) is 0 Å². The van der Waals surface area contributed by atoms with Gasteiger partial charge in [-0.1, -0.05) is 0 Å². The van der Waals surface area contributed by atoms with Gasteiger partial charge in [-0.3, -0.25) is 0 Å². The van der Waals surface area contributed by atoms with Crippen LogP contribution in [0.3, 0.4) is 0 Å². The molecule has 80 valence electrons. The summed E-state index contributed by atoms with van der Waals surface area (Å²) in [6.45, 7) is 4.01. The van der Waals surface area contributed by atoms with Gasteiger partial charge in [-0.25, -0.2) is 4.79 Å². The van der Waals surface area contributed by atoms with Crippen LogP contribution in [0, 0.1) is 0 Å². The molecule has 5 nitrogen and oxygen atoms in total. The number of hydrogen-bond acceptors (Lipinski definition) is 5. The maximum atomic E-state index is 10.9. The summed E-state index contributed by atoms with van der Waals surface area (Å²) in [5.41, 5.74) is 0. The van der Waals surface area contributed by atoms with Crippen LogP contribution in [-0.4, -0.2) is 41.8 Å². The molecule has 0 unspecified atom stereocenters. The average molecular weight is 202 g/mol. The third-order valence-electron chi connectivity index (χ3n) is 2.44. The second-order valence-corrected chi connectivity index (χ2v) is 4.09. The predicted molar refractivity (Wildman–Crippen MR) is 45.4 cm³/mol. The lowest BCUT2D eigenvalue weighted by atomic mass is 10.1.